The van der Waals surface area contributed by atoms with Gasteiger partial charge in [0, 0.05) is 22.4 Å². The zero-order chi connectivity index (χ0) is 21.1. The van der Waals surface area contributed by atoms with E-state index >= 15 is 0 Å². The number of alkyl halides is 3. The van der Waals surface area contributed by atoms with Gasteiger partial charge in [-0.2, -0.15) is 18.3 Å². The summed E-state index contributed by atoms with van der Waals surface area (Å²) in [6.45, 7) is 0. The number of nitrogens with zero attached hydrogens (tertiary/aromatic N) is 2. The molecule has 0 bridgehead atoms. The van der Waals surface area contributed by atoms with Crippen LogP contribution in [0.2, 0.25) is 5.02 Å². The molecular formula is C19H11ClF4N2O2S. The zero-order valence-electron chi connectivity index (χ0n) is 14.6. The molecule has 4 nitrogen and oxygen atoms in total. The first-order valence-corrected chi connectivity index (χ1v) is 10.4. The standard InChI is InChI=1S/C19H11ClF4N2O2S/c1-29(27,28)11-4-2-10(3-5-11)26-17-13-8-9-15(21)16(20)12(13)6-7-14(17)18(25-26)19(22,23)24/h2-9H,1H3. The van der Waals surface area contributed by atoms with E-state index < -0.39 is 27.5 Å². The fourth-order valence-electron chi connectivity index (χ4n) is 3.18. The smallest absolute Gasteiger partial charge is 0.232 e. The van der Waals surface area contributed by atoms with Crippen molar-refractivity contribution in [2.45, 2.75) is 11.1 Å². The van der Waals surface area contributed by atoms with E-state index in [1.807, 2.05) is 0 Å². The molecule has 1 aromatic heterocycles. The lowest BCUT2D eigenvalue weighted by atomic mass is 10.1. The van der Waals surface area contributed by atoms with Gasteiger partial charge in [-0.3, -0.25) is 0 Å². The number of aromatic nitrogens is 2. The minimum atomic E-state index is -4.73. The Morgan fingerprint density at radius 2 is 1.52 bits per heavy atom. The van der Waals surface area contributed by atoms with Crippen molar-refractivity contribution in [2.24, 2.45) is 0 Å². The number of rotatable bonds is 2. The monoisotopic (exact) mass is 442 g/mol. The predicted molar refractivity (Wildman–Crippen MR) is 102 cm³/mol. The average Bonchev–Trinajstić information content (AvgIpc) is 3.04. The van der Waals surface area contributed by atoms with Gasteiger partial charge in [-0.25, -0.2) is 17.5 Å². The van der Waals surface area contributed by atoms with Crippen LogP contribution in [0.1, 0.15) is 5.69 Å². The van der Waals surface area contributed by atoms with Crippen molar-refractivity contribution in [3.63, 3.8) is 0 Å². The van der Waals surface area contributed by atoms with Crippen LogP contribution >= 0.6 is 11.6 Å². The Kier molecular flexibility index (Phi) is 4.36. The Balaban J connectivity index is 2.10. The number of halogens is 5. The highest BCUT2D eigenvalue weighted by atomic mass is 35.5. The molecule has 4 rings (SSSR count). The Bertz CT molecular complexity index is 1380. The summed E-state index contributed by atoms with van der Waals surface area (Å²) >= 11 is 6.00. The van der Waals surface area contributed by atoms with Crippen molar-refractivity contribution in [3.8, 4) is 5.69 Å². The molecule has 4 aromatic rings. The second-order valence-corrected chi connectivity index (χ2v) is 8.84. The van der Waals surface area contributed by atoms with Gasteiger partial charge >= 0.3 is 6.18 Å². The van der Waals surface area contributed by atoms with Crippen molar-refractivity contribution in [3.05, 3.63) is 65.1 Å². The summed E-state index contributed by atoms with van der Waals surface area (Å²) in [5, 5.41) is 3.86. The number of sulfone groups is 1. The van der Waals surface area contributed by atoms with Crippen LogP contribution in [0.3, 0.4) is 0 Å². The molecule has 0 unspecified atom stereocenters. The summed E-state index contributed by atoms with van der Waals surface area (Å²) in [7, 11) is -3.48. The highest BCUT2D eigenvalue weighted by Crippen LogP contribution is 2.39. The predicted octanol–water partition coefficient (Wildman–Crippen LogP) is 5.39. The van der Waals surface area contributed by atoms with Crippen LogP contribution in [0.25, 0.3) is 27.4 Å². The lowest BCUT2D eigenvalue weighted by Gasteiger charge is -2.08. The lowest BCUT2D eigenvalue weighted by molar-refractivity contribution is -0.140. The zero-order valence-corrected chi connectivity index (χ0v) is 16.2. The topological polar surface area (TPSA) is 52.0 Å². The third-order valence-corrected chi connectivity index (χ3v) is 6.02. The third kappa shape index (κ3) is 3.24. The van der Waals surface area contributed by atoms with Crippen LogP contribution in [0.4, 0.5) is 17.6 Å². The molecule has 1 heterocycles. The normalized spacial score (nSPS) is 12.8. The van der Waals surface area contributed by atoms with E-state index in [1.54, 1.807) is 0 Å². The number of fused-ring (bicyclic) bond motifs is 3. The van der Waals surface area contributed by atoms with Gasteiger partial charge in [-0.1, -0.05) is 17.7 Å². The molecule has 29 heavy (non-hydrogen) atoms. The molecule has 0 N–H and O–H groups in total. The Morgan fingerprint density at radius 1 is 0.931 bits per heavy atom. The molecule has 0 atom stereocenters. The highest BCUT2D eigenvalue weighted by molar-refractivity contribution is 7.90. The Morgan fingerprint density at radius 3 is 2.10 bits per heavy atom. The first-order chi connectivity index (χ1) is 13.5. The van der Waals surface area contributed by atoms with Crippen molar-refractivity contribution >= 4 is 43.1 Å². The summed E-state index contributed by atoms with van der Waals surface area (Å²) in [6.07, 6.45) is -3.70. The molecule has 0 aliphatic heterocycles. The first-order valence-electron chi connectivity index (χ1n) is 8.15. The fraction of sp³-hybridized carbons (Fsp3) is 0.105. The van der Waals surface area contributed by atoms with E-state index in [4.69, 9.17) is 11.6 Å². The summed E-state index contributed by atoms with van der Waals surface area (Å²) in [5.41, 5.74) is -0.809. The fourth-order valence-corrected chi connectivity index (χ4v) is 4.04. The number of benzene rings is 3. The molecule has 0 radical (unpaired) electrons. The Hall–Kier alpha value is -2.65. The van der Waals surface area contributed by atoms with Gasteiger partial charge in [0.05, 0.1) is 21.1 Å². The molecule has 150 valence electrons. The molecule has 0 aliphatic rings. The molecule has 0 amide bonds. The summed E-state index contributed by atoms with van der Waals surface area (Å²) in [6, 6.07) is 10.2. The molecule has 0 fully saturated rings. The maximum atomic E-state index is 13.8. The largest absolute Gasteiger partial charge is 0.435 e. The molecule has 10 heteroatoms. The number of hydrogen-bond donors (Lipinski definition) is 0. The van der Waals surface area contributed by atoms with E-state index in [2.05, 4.69) is 5.10 Å². The first kappa shape index (κ1) is 19.7. The van der Waals surface area contributed by atoms with E-state index in [-0.39, 0.29) is 37.3 Å². The van der Waals surface area contributed by atoms with E-state index in [9.17, 15) is 26.0 Å². The van der Waals surface area contributed by atoms with Gasteiger partial charge < -0.3 is 0 Å². The maximum absolute atomic E-state index is 13.8. The van der Waals surface area contributed by atoms with Gasteiger partial charge in [-0.15, -0.1) is 0 Å². The van der Waals surface area contributed by atoms with Gasteiger partial charge in [0.25, 0.3) is 0 Å². The minimum Gasteiger partial charge on any atom is -0.232 e. The van der Waals surface area contributed by atoms with Gasteiger partial charge in [-0.05, 0) is 42.5 Å². The van der Waals surface area contributed by atoms with E-state index in [0.717, 1.165) is 17.0 Å². The van der Waals surface area contributed by atoms with Crippen LogP contribution in [0.15, 0.2) is 53.4 Å². The SMILES string of the molecule is CS(=O)(=O)c1ccc(-n2nc(C(F)(F)F)c3ccc4c(Cl)c(F)ccc4c32)cc1. The molecule has 0 saturated carbocycles. The van der Waals surface area contributed by atoms with E-state index in [0.29, 0.717) is 0 Å². The van der Waals surface area contributed by atoms with Crippen LogP contribution in [0.5, 0.6) is 0 Å². The van der Waals surface area contributed by atoms with Gasteiger partial charge in [0.2, 0.25) is 0 Å². The van der Waals surface area contributed by atoms with Gasteiger partial charge in [0.1, 0.15) is 5.82 Å². The minimum absolute atomic E-state index is 0.0173. The molecule has 3 aromatic carbocycles. The van der Waals surface area contributed by atoms with Crippen molar-refractivity contribution in [1.29, 1.82) is 0 Å². The summed E-state index contributed by atoms with van der Waals surface area (Å²) in [5.74, 6) is -0.696. The van der Waals surface area contributed by atoms with Crippen LogP contribution in [-0.4, -0.2) is 24.5 Å². The molecule has 0 saturated heterocycles. The average molecular weight is 443 g/mol. The lowest BCUT2D eigenvalue weighted by Crippen LogP contribution is -2.07. The molecular weight excluding hydrogens is 432 g/mol. The van der Waals surface area contributed by atoms with E-state index in [1.165, 1.54) is 42.5 Å². The maximum Gasteiger partial charge on any atom is 0.435 e. The second kappa shape index (κ2) is 6.43. The summed E-state index contributed by atoms with van der Waals surface area (Å²) < 4.78 is 78.9. The summed E-state index contributed by atoms with van der Waals surface area (Å²) in [4.78, 5) is 0.0173. The van der Waals surface area contributed by atoms with Crippen LogP contribution in [-0.2, 0) is 16.0 Å². The number of hydrogen-bond acceptors (Lipinski definition) is 3. The van der Waals surface area contributed by atoms with Crippen molar-refractivity contribution in [1.82, 2.24) is 9.78 Å². The highest BCUT2D eigenvalue weighted by Gasteiger charge is 2.37. The quantitative estimate of drug-likeness (QED) is 0.391. The third-order valence-electron chi connectivity index (χ3n) is 4.50. The second-order valence-electron chi connectivity index (χ2n) is 6.44. The Labute approximate surface area is 167 Å². The molecule has 0 aliphatic carbocycles. The van der Waals surface area contributed by atoms with Crippen LogP contribution < -0.4 is 0 Å². The van der Waals surface area contributed by atoms with Crippen molar-refractivity contribution in [2.75, 3.05) is 6.26 Å². The molecule has 0 spiro atoms. The van der Waals surface area contributed by atoms with Crippen LogP contribution in [0, 0.1) is 5.82 Å². The van der Waals surface area contributed by atoms with Gasteiger partial charge in [0.15, 0.2) is 15.5 Å². The van der Waals surface area contributed by atoms with Crippen molar-refractivity contribution < 1.29 is 26.0 Å².